The molecule has 0 saturated carbocycles. The summed E-state index contributed by atoms with van der Waals surface area (Å²) in [6.07, 6.45) is 1.56. The van der Waals surface area contributed by atoms with Gasteiger partial charge in [0, 0.05) is 42.5 Å². The lowest BCUT2D eigenvalue weighted by Gasteiger charge is -2.35. The number of anilines is 1. The summed E-state index contributed by atoms with van der Waals surface area (Å²) in [5.41, 5.74) is 3.68. The summed E-state index contributed by atoms with van der Waals surface area (Å²) in [6.45, 7) is 1.96. The first kappa shape index (κ1) is 26.5. The molecule has 2 unspecified atom stereocenters. The molecule has 3 aromatic carbocycles. The first-order valence-corrected chi connectivity index (χ1v) is 12.9. The fourth-order valence-corrected chi connectivity index (χ4v) is 5.01. The molecule has 39 heavy (non-hydrogen) atoms. The second-order valence-corrected chi connectivity index (χ2v) is 10.2. The fraction of sp³-hybridized carbons (Fsp3) is 0.300. The van der Waals surface area contributed by atoms with Crippen LogP contribution in [0, 0.1) is 11.6 Å². The number of amidine groups is 1. The van der Waals surface area contributed by atoms with Crippen molar-refractivity contribution in [3.63, 3.8) is 0 Å². The lowest BCUT2D eigenvalue weighted by Crippen LogP contribution is -2.37. The van der Waals surface area contributed by atoms with Crippen molar-refractivity contribution in [3.05, 3.63) is 95.1 Å². The molecule has 0 saturated heterocycles. The molecule has 7 nitrogen and oxygen atoms in total. The van der Waals surface area contributed by atoms with Crippen LogP contribution in [0.15, 0.2) is 76.9 Å². The highest BCUT2D eigenvalue weighted by Gasteiger charge is 2.36. The van der Waals surface area contributed by atoms with Gasteiger partial charge in [-0.2, -0.15) is 0 Å². The zero-order valence-electron chi connectivity index (χ0n) is 21.5. The van der Waals surface area contributed by atoms with Gasteiger partial charge in [-0.15, -0.1) is 0 Å². The molecule has 0 aromatic heterocycles. The second-order valence-electron chi connectivity index (χ2n) is 10.2. The van der Waals surface area contributed by atoms with Gasteiger partial charge < -0.3 is 15.1 Å². The van der Waals surface area contributed by atoms with Gasteiger partial charge in [0.15, 0.2) is 6.23 Å². The van der Waals surface area contributed by atoms with Crippen molar-refractivity contribution in [2.45, 2.75) is 57.3 Å². The maximum Gasteiger partial charge on any atom is 0.303 e. The second kappa shape index (κ2) is 10.9. The minimum Gasteiger partial charge on any atom is -0.481 e. The summed E-state index contributed by atoms with van der Waals surface area (Å²) in [5, 5.41) is 24.7. The zero-order valence-corrected chi connectivity index (χ0v) is 21.5. The third-order valence-electron chi connectivity index (χ3n) is 6.97. The number of aliphatic hydroxyl groups is 1. The molecule has 0 spiro atoms. The molecule has 0 fully saturated rings. The molecule has 0 amide bonds. The van der Waals surface area contributed by atoms with Crippen LogP contribution in [-0.4, -0.2) is 33.3 Å². The number of halogens is 2. The molecule has 0 bridgehead atoms. The number of rotatable bonds is 9. The number of nitrogens with zero attached hydrogens (tertiary/aromatic N) is 3. The third-order valence-corrected chi connectivity index (χ3v) is 6.97. The minimum atomic E-state index is -1.06. The Kier molecular flexibility index (Phi) is 7.43. The Morgan fingerprint density at radius 3 is 2.44 bits per heavy atom. The van der Waals surface area contributed by atoms with Crippen molar-refractivity contribution in [2.75, 3.05) is 4.90 Å². The molecular formula is C30H29F2N3O4. The van der Waals surface area contributed by atoms with Gasteiger partial charge in [0.25, 0.3) is 0 Å². The highest BCUT2D eigenvalue weighted by molar-refractivity contribution is 6.04. The number of carboxylic acids is 1. The van der Waals surface area contributed by atoms with Crippen molar-refractivity contribution >= 4 is 28.9 Å². The van der Waals surface area contributed by atoms with Gasteiger partial charge in [-0.25, -0.2) is 13.8 Å². The number of aliphatic hydroxyl groups excluding tert-OH is 1. The van der Waals surface area contributed by atoms with Crippen LogP contribution in [0.5, 0.6) is 0 Å². The average molecular weight is 534 g/mol. The Balaban J connectivity index is 1.39. The van der Waals surface area contributed by atoms with Crippen LogP contribution in [0.25, 0.3) is 0 Å². The topological polar surface area (TPSA) is 94.7 Å². The van der Waals surface area contributed by atoms with Crippen molar-refractivity contribution in [2.24, 2.45) is 10.1 Å². The maximum atomic E-state index is 13.6. The molecule has 2 aliphatic rings. The molecule has 9 heteroatoms. The average Bonchev–Trinajstić information content (AvgIpc) is 3.30. The number of fused-ring (bicyclic) bond motifs is 1. The quantitative estimate of drug-likeness (QED) is 0.316. The van der Waals surface area contributed by atoms with E-state index in [1.165, 1.54) is 24.3 Å². The fourth-order valence-electron chi connectivity index (χ4n) is 5.01. The molecule has 2 atom stereocenters. The minimum absolute atomic E-state index is 0.0453. The smallest absolute Gasteiger partial charge is 0.303 e. The Morgan fingerprint density at radius 2 is 1.74 bits per heavy atom. The van der Waals surface area contributed by atoms with Crippen molar-refractivity contribution in [1.29, 1.82) is 0 Å². The summed E-state index contributed by atoms with van der Waals surface area (Å²) >= 11 is 0. The lowest BCUT2D eigenvalue weighted by molar-refractivity contribution is -0.137. The molecule has 3 aromatic rings. The van der Waals surface area contributed by atoms with Crippen LogP contribution in [0.4, 0.5) is 20.2 Å². The molecule has 202 valence electrons. The van der Waals surface area contributed by atoms with Crippen LogP contribution < -0.4 is 4.90 Å². The number of aliphatic carboxylic acids is 1. The highest BCUT2D eigenvalue weighted by Crippen LogP contribution is 2.39. The van der Waals surface area contributed by atoms with E-state index in [-0.39, 0.29) is 18.1 Å². The summed E-state index contributed by atoms with van der Waals surface area (Å²) in [6, 6.07) is 17.7. The summed E-state index contributed by atoms with van der Waals surface area (Å²) in [7, 11) is 0. The molecule has 2 heterocycles. The van der Waals surface area contributed by atoms with Crippen LogP contribution in [-0.2, 0) is 16.1 Å². The predicted octanol–water partition coefficient (Wildman–Crippen LogP) is 6.28. The van der Waals surface area contributed by atoms with Gasteiger partial charge in [0.2, 0.25) is 0 Å². The van der Waals surface area contributed by atoms with E-state index in [2.05, 4.69) is 5.16 Å². The number of aliphatic imine (C=N–C) groups is 1. The standard InChI is InChI=1S/C30H29F2N3O4/c1-30(17-19-6-9-21(31)10-7-19)18-26(34-39-30)20-8-15-24-25(16-20)33-27(4-2-3-5-28(36)37)35(29(24)38)23-13-11-22(32)12-14-23/h6-16,29,38H,2-5,17-18H2,1H3,(H,36,37). The van der Waals surface area contributed by atoms with E-state index in [0.717, 1.165) is 16.8 Å². The van der Waals surface area contributed by atoms with E-state index in [4.69, 9.17) is 14.9 Å². The molecule has 2 aliphatic heterocycles. The predicted molar refractivity (Wildman–Crippen MR) is 144 cm³/mol. The van der Waals surface area contributed by atoms with Gasteiger partial charge in [0.05, 0.1) is 11.4 Å². The number of carbonyl (C=O) groups is 1. The Hall–Kier alpha value is -4.11. The van der Waals surface area contributed by atoms with E-state index < -0.39 is 17.8 Å². The molecule has 0 radical (unpaired) electrons. The normalized spacial score (nSPS) is 20.2. The number of hydrogen-bond donors (Lipinski definition) is 2. The van der Waals surface area contributed by atoms with E-state index in [9.17, 15) is 18.7 Å². The number of carboxylic acid groups (broad SMARTS) is 1. The van der Waals surface area contributed by atoms with E-state index >= 15 is 0 Å². The van der Waals surface area contributed by atoms with E-state index in [1.807, 2.05) is 19.1 Å². The number of oxime groups is 1. The molecule has 5 rings (SSSR count). The lowest BCUT2D eigenvalue weighted by atomic mass is 9.89. The summed E-state index contributed by atoms with van der Waals surface area (Å²) in [5.74, 6) is -0.975. The van der Waals surface area contributed by atoms with Crippen LogP contribution in [0.1, 0.15) is 61.9 Å². The van der Waals surface area contributed by atoms with E-state index in [1.54, 1.807) is 35.2 Å². The Labute approximate surface area is 225 Å². The van der Waals surface area contributed by atoms with Crippen molar-refractivity contribution in [1.82, 2.24) is 0 Å². The first-order chi connectivity index (χ1) is 18.7. The Bertz CT molecular complexity index is 1420. The third kappa shape index (κ3) is 5.98. The maximum absolute atomic E-state index is 13.6. The van der Waals surface area contributed by atoms with Gasteiger partial charge >= 0.3 is 5.97 Å². The van der Waals surface area contributed by atoms with Crippen LogP contribution in [0.2, 0.25) is 0 Å². The van der Waals surface area contributed by atoms with E-state index in [0.29, 0.717) is 54.9 Å². The first-order valence-electron chi connectivity index (χ1n) is 12.9. The monoisotopic (exact) mass is 533 g/mol. The molecular weight excluding hydrogens is 504 g/mol. The number of hydrogen-bond acceptors (Lipinski definition) is 6. The number of benzene rings is 3. The summed E-state index contributed by atoms with van der Waals surface area (Å²) < 4.78 is 26.9. The van der Waals surface area contributed by atoms with Crippen molar-refractivity contribution in [3.8, 4) is 0 Å². The SMILES string of the molecule is CC1(Cc2ccc(F)cc2)CC(c2ccc3c(c2)N=C(CCCCC(=O)O)N(c2ccc(F)cc2)C3O)=NO1. The Morgan fingerprint density at radius 1 is 1.05 bits per heavy atom. The molecule has 2 N–H and O–H groups in total. The zero-order chi connectivity index (χ0) is 27.6. The summed E-state index contributed by atoms with van der Waals surface area (Å²) in [4.78, 5) is 23.3. The van der Waals surface area contributed by atoms with Gasteiger partial charge in [0.1, 0.15) is 23.1 Å². The van der Waals surface area contributed by atoms with Crippen molar-refractivity contribution < 1.29 is 28.6 Å². The van der Waals surface area contributed by atoms with Crippen LogP contribution in [0.3, 0.4) is 0 Å². The van der Waals surface area contributed by atoms with Gasteiger partial charge in [-0.05, 0) is 67.8 Å². The number of unbranched alkanes of at least 4 members (excludes halogenated alkanes) is 1. The van der Waals surface area contributed by atoms with Crippen LogP contribution >= 0.6 is 0 Å². The van der Waals surface area contributed by atoms with Gasteiger partial charge in [-0.1, -0.05) is 29.4 Å². The molecule has 0 aliphatic carbocycles. The highest BCUT2D eigenvalue weighted by atomic mass is 19.1. The largest absolute Gasteiger partial charge is 0.481 e. The van der Waals surface area contributed by atoms with Gasteiger partial charge in [-0.3, -0.25) is 9.69 Å².